The maximum absolute atomic E-state index is 14.9. The fraction of sp³-hybridized carbons (Fsp3) is 0.250. The molecular weight excluding hydrogens is 560 g/mol. The minimum absolute atomic E-state index is 0.00896. The van der Waals surface area contributed by atoms with Gasteiger partial charge in [-0.15, -0.1) is 0 Å². The van der Waals surface area contributed by atoms with Crippen molar-refractivity contribution in [1.29, 1.82) is 0 Å². The predicted molar refractivity (Wildman–Crippen MR) is 121 cm³/mol. The zero-order valence-corrected chi connectivity index (χ0v) is 19.4. The number of carbonyl (C=O) groups is 2. The normalized spacial score (nSPS) is 10.8. The van der Waals surface area contributed by atoms with Gasteiger partial charge in [-0.2, -0.15) is 0 Å². The van der Waals surface area contributed by atoms with E-state index in [1.165, 1.54) is 25.2 Å². The van der Waals surface area contributed by atoms with Gasteiger partial charge in [0.1, 0.15) is 12.4 Å². The summed E-state index contributed by atoms with van der Waals surface area (Å²) in [5.74, 6) is -4.90. The van der Waals surface area contributed by atoms with Crippen molar-refractivity contribution in [3.05, 3.63) is 56.4 Å². The molecule has 0 spiro atoms. The van der Waals surface area contributed by atoms with Crippen LogP contribution in [0.25, 0.3) is 0 Å². The summed E-state index contributed by atoms with van der Waals surface area (Å²) in [6.07, 6.45) is 0.813. The first-order chi connectivity index (χ1) is 15.8. The van der Waals surface area contributed by atoms with Crippen molar-refractivity contribution in [1.82, 2.24) is 10.8 Å². The van der Waals surface area contributed by atoms with Gasteiger partial charge < -0.3 is 20.6 Å². The summed E-state index contributed by atoms with van der Waals surface area (Å²) in [6, 6.07) is 4.95. The highest BCUT2D eigenvalue weighted by molar-refractivity contribution is 14.1. The largest absolute Gasteiger partial charge is 0.395 e. The average Bonchev–Trinajstić information content (AvgIpc) is 2.79. The number of oxime groups is 1. The lowest BCUT2D eigenvalue weighted by Gasteiger charge is -2.15. The van der Waals surface area contributed by atoms with E-state index in [0.29, 0.717) is 3.57 Å². The number of anilines is 2. The molecule has 0 aromatic heterocycles. The smallest absolute Gasteiger partial charge is 0.277 e. The number of hydroxylamine groups is 1. The first-order valence-corrected chi connectivity index (χ1v) is 10.5. The molecular formula is C20H20F3IN4O5. The molecule has 9 nitrogen and oxygen atoms in total. The molecule has 0 saturated heterocycles. The molecule has 33 heavy (non-hydrogen) atoms. The van der Waals surface area contributed by atoms with Gasteiger partial charge in [0, 0.05) is 16.2 Å². The first-order valence-electron chi connectivity index (χ1n) is 9.41. The molecule has 13 heteroatoms. The van der Waals surface area contributed by atoms with E-state index >= 15 is 0 Å². The number of halogens is 4. The second-order valence-corrected chi connectivity index (χ2v) is 7.51. The molecule has 4 N–H and O–H groups in total. The number of carbonyl (C=O) groups excluding carboxylic acids is 2. The minimum Gasteiger partial charge on any atom is -0.395 e. The van der Waals surface area contributed by atoms with E-state index in [1.54, 1.807) is 0 Å². The van der Waals surface area contributed by atoms with Crippen molar-refractivity contribution in [2.24, 2.45) is 5.16 Å². The second-order valence-electron chi connectivity index (χ2n) is 6.26. The number of aliphatic hydroxyl groups excluding tert-OH is 1. The molecule has 0 aliphatic carbocycles. The molecule has 2 amide bonds. The zero-order chi connectivity index (χ0) is 24.4. The van der Waals surface area contributed by atoms with Gasteiger partial charge >= 0.3 is 0 Å². The van der Waals surface area contributed by atoms with Gasteiger partial charge in [0.25, 0.3) is 5.91 Å². The topological polar surface area (TPSA) is 121 Å². The molecule has 0 aliphatic rings. The van der Waals surface area contributed by atoms with E-state index in [-0.39, 0.29) is 31.2 Å². The first kappa shape index (κ1) is 26.3. The zero-order valence-electron chi connectivity index (χ0n) is 17.3. The summed E-state index contributed by atoms with van der Waals surface area (Å²) in [4.78, 5) is 33.2. The molecule has 178 valence electrons. The Labute approximate surface area is 200 Å². The summed E-state index contributed by atoms with van der Waals surface area (Å²) in [5, 5.41) is 17.0. The molecule has 0 atom stereocenters. The number of hydrogen-bond acceptors (Lipinski definition) is 7. The summed E-state index contributed by atoms with van der Waals surface area (Å²) < 4.78 is 44.4. The van der Waals surface area contributed by atoms with Crippen molar-refractivity contribution in [2.75, 3.05) is 32.2 Å². The molecule has 0 heterocycles. The molecule has 0 aliphatic heterocycles. The lowest BCUT2D eigenvalue weighted by Crippen LogP contribution is -2.26. The van der Waals surface area contributed by atoms with Crippen LogP contribution in [-0.2, 0) is 14.5 Å². The number of nitrogens with zero attached hydrogens (tertiary/aromatic N) is 1. The van der Waals surface area contributed by atoms with Crippen LogP contribution in [0.5, 0.6) is 0 Å². The third-order valence-electron chi connectivity index (χ3n) is 3.99. The van der Waals surface area contributed by atoms with Crippen molar-refractivity contribution >= 4 is 52.0 Å². The summed E-state index contributed by atoms with van der Waals surface area (Å²) in [5.41, 5.74) is 0.252. The molecule has 0 bridgehead atoms. The van der Waals surface area contributed by atoms with Crippen LogP contribution in [-0.4, -0.2) is 50.0 Å². The molecule has 2 rings (SSSR count). The van der Waals surface area contributed by atoms with E-state index < -0.39 is 46.8 Å². The number of aliphatic hydroxyl groups is 1. The average molecular weight is 580 g/mol. The summed E-state index contributed by atoms with van der Waals surface area (Å²) in [7, 11) is 1.44. The molecule has 0 fully saturated rings. The van der Waals surface area contributed by atoms with Crippen LogP contribution in [0.15, 0.2) is 29.4 Å². The Balaban J connectivity index is 2.37. The summed E-state index contributed by atoms with van der Waals surface area (Å²) >= 11 is 1.88. The highest BCUT2D eigenvalue weighted by atomic mass is 127. The van der Waals surface area contributed by atoms with Crippen LogP contribution in [0.1, 0.15) is 22.3 Å². The van der Waals surface area contributed by atoms with Gasteiger partial charge in [-0.3, -0.25) is 14.4 Å². The van der Waals surface area contributed by atoms with Crippen LogP contribution >= 0.6 is 22.6 Å². The maximum Gasteiger partial charge on any atom is 0.277 e. The Morgan fingerprint density at radius 1 is 1.18 bits per heavy atom. The van der Waals surface area contributed by atoms with E-state index in [1.807, 2.05) is 28.1 Å². The van der Waals surface area contributed by atoms with Gasteiger partial charge in [0.15, 0.2) is 11.6 Å². The van der Waals surface area contributed by atoms with Crippen LogP contribution < -0.4 is 16.1 Å². The van der Waals surface area contributed by atoms with Gasteiger partial charge in [-0.05, 0) is 46.9 Å². The monoisotopic (exact) mass is 580 g/mol. The van der Waals surface area contributed by atoms with Crippen molar-refractivity contribution in [2.45, 2.75) is 6.42 Å². The Morgan fingerprint density at radius 3 is 2.61 bits per heavy atom. The lowest BCUT2D eigenvalue weighted by atomic mass is 10.1. The Kier molecular flexibility index (Phi) is 10.3. The fourth-order valence-corrected chi connectivity index (χ4v) is 2.85. The van der Waals surface area contributed by atoms with Crippen molar-refractivity contribution < 1.29 is 37.5 Å². The molecule has 0 saturated carbocycles. The maximum atomic E-state index is 14.9. The summed E-state index contributed by atoms with van der Waals surface area (Å²) in [6.45, 7) is -0.770. The number of amides is 2. The quantitative estimate of drug-likeness (QED) is 0.140. The standard InChI is InChI=1S/C20H20F3IN4O5/c1-25-16(30)4-6-32-26-10-11-8-13(20(31)28-33-7-5-29)19(18(23)17(11)22)27-15-3-2-12(24)9-14(15)21/h2-3,8-10,27,29H,4-7H2,1H3,(H,25,30)(H,28,31). The third kappa shape index (κ3) is 7.57. The van der Waals surface area contributed by atoms with Crippen LogP contribution in [0, 0.1) is 21.0 Å². The predicted octanol–water partition coefficient (Wildman–Crippen LogP) is 2.59. The molecule has 0 unspecified atom stereocenters. The molecule has 0 radical (unpaired) electrons. The van der Waals surface area contributed by atoms with Gasteiger partial charge in [-0.1, -0.05) is 5.16 Å². The minimum atomic E-state index is -1.48. The third-order valence-corrected chi connectivity index (χ3v) is 4.67. The Morgan fingerprint density at radius 2 is 1.94 bits per heavy atom. The molecule has 2 aromatic rings. The van der Waals surface area contributed by atoms with Gasteiger partial charge in [0.2, 0.25) is 5.91 Å². The second kappa shape index (κ2) is 13.0. The van der Waals surface area contributed by atoms with Crippen LogP contribution in [0.2, 0.25) is 0 Å². The number of benzene rings is 2. The fourth-order valence-electron chi connectivity index (χ4n) is 2.39. The number of nitrogens with one attached hydrogen (secondary N) is 3. The number of hydrogen-bond donors (Lipinski definition) is 4. The van der Waals surface area contributed by atoms with Crippen molar-refractivity contribution in [3.63, 3.8) is 0 Å². The van der Waals surface area contributed by atoms with E-state index in [2.05, 4.69) is 15.8 Å². The van der Waals surface area contributed by atoms with Crippen molar-refractivity contribution in [3.8, 4) is 0 Å². The highest BCUT2D eigenvalue weighted by Gasteiger charge is 2.23. The lowest BCUT2D eigenvalue weighted by molar-refractivity contribution is -0.121. The van der Waals surface area contributed by atoms with E-state index in [9.17, 15) is 22.8 Å². The number of rotatable bonds is 11. The Hall–Kier alpha value is -2.91. The van der Waals surface area contributed by atoms with E-state index in [0.717, 1.165) is 12.3 Å². The van der Waals surface area contributed by atoms with Crippen LogP contribution in [0.3, 0.4) is 0 Å². The molecule has 2 aromatic carbocycles. The SMILES string of the molecule is CNC(=O)CCON=Cc1cc(C(=O)NOCCO)c(Nc2ccc(I)cc2F)c(F)c1F. The Bertz CT molecular complexity index is 1040. The highest BCUT2D eigenvalue weighted by Crippen LogP contribution is 2.30. The van der Waals surface area contributed by atoms with Gasteiger partial charge in [-0.25, -0.2) is 18.7 Å². The van der Waals surface area contributed by atoms with Crippen LogP contribution in [0.4, 0.5) is 24.5 Å². The van der Waals surface area contributed by atoms with E-state index in [4.69, 9.17) is 14.8 Å². The van der Waals surface area contributed by atoms with Gasteiger partial charge in [0.05, 0.1) is 42.8 Å².